The van der Waals surface area contributed by atoms with E-state index in [1.165, 1.54) is 12.1 Å². The van der Waals surface area contributed by atoms with Crippen molar-refractivity contribution in [3.8, 4) is 0 Å². The maximum Gasteiger partial charge on any atom is 0.270 e. The van der Waals surface area contributed by atoms with Gasteiger partial charge >= 0.3 is 0 Å². The van der Waals surface area contributed by atoms with E-state index in [2.05, 4.69) is 0 Å². The van der Waals surface area contributed by atoms with Gasteiger partial charge in [0, 0.05) is 29.6 Å². The molecule has 0 N–H and O–H groups in total. The zero-order valence-corrected chi connectivity index (χ0v) is 9.64. The summed E-state index contributed by atoms with van der Waals surface area (Å²) in [4.78, 5) is 22.1. The van der Waals surface area contributed by atoms with E-state index in [-0.39, 0.29) is 11.2 Å². The van der Waals surface area contributed by atoms with Crippen molar-refractivity contribution in [3.05, 3.63) is 50.3 Å². The number of rotatable bonds is 2. The second kappa shape index (κ2) is 4.01. The van der Waals surface area contributed by atoms with Gasteiger partial charge in [0.05, 0.1) is 10.4 Å². The Morgan fingerprint density at radius 3 is 2.65 bits per heavy atom. The number of nitro groups is 1. The lowest BCUT2D eigenvalue weighted by Gasteiger charge is -2.08. The quantitative estimate of drug-likeness (QED) is 0.589. The van der Waals surface area contributed by atoms with Crippen LogP contribution in [-0.4, -0.2) is 9.49 Å². The van der Waals surface area contributed by atoms with Crippen molar-refractivity contribution in [2.24, 2.45) is 0 Å². The lowest BCUT2D eigenvalue weighted by molar-refractivity contribution is -0.384. The zero-order valence-electron chi connectivity index (χ0n) is 9.64. The van der Waals surface area contributed by atoms with Crippen LogP contribution in [0.2, 0.25) is 0 Å². The van der Waals surface area contributed by atoms with Crippen LogP contribution in [0.3, 0.4) is 0 Å². The van der Waals surface area contributed by atoms with Crippen LogP contribution in [0.5, 0.6) is 0 Å². The van der Waals surface area contributed by atoms with Crippen LogP contribution in [0.1, 0.15) is 12.5 Å². The van der Waals surface area contributed by atoms with E-state index < -0.39 is 4.92 Å². The largest absolute Gasteiger partial charge is 0.308 e. The number of hydrogen-bond donors (Lipinski definition) is 0. The number of nitrogens with zero attached hydrogens (tertiary/aromatic N) is 2. The van der Waals surface area contributed by atoms with Crippen molar-refractivity contribution in [2.45, 2.75) is 20.4 Å². The molecule has 0 bridgehead atoms. The third kappa shape index (κ3) is 1.80. The number of aryl methyl sites for hydroxylation is 2. The first-order valence-electron chi connectivity index (χ1n) is 5.33. The third-order valence-corrected chi connectivity index (χ3v) is 2.78. The number of pyridine rings is 1. The summed E-state index contributed by atoms with van der Waals surface area (Å²) in [6, 6.07) is 6.23. The molecule has 0 fully saturated rings. The average molecular weight is 232 g/mol. The molecule has 1 aromatic carbocycles. The van der Waals surface area contributed by atoms with E-state index in [4.69, 9.17) is 0 Å². The van der Waals surface area contributed by atoms with E-state index >= 15 is 0 Å². The maximum absolute atomic E-state index is 11.9. The van der Waals surface area contributed by atoms with Crippen molar-refractivity contribution in [1.29, 1.82) is 0 Å². The molecule has 5 heteroatoms. The molecule has 0 unspecified atom stereocenters. The van der Waals surface area contributed by atoms with Crippen molar-refractivity contribution in [2.75, 3.05) is 0 Å². The summed E-state index contributed by atoms with van der Waals surface area (Å²) < 4.78 is 1.62. The molecular formula is C12H12N2O3. The van der Waals surface area contributed by atoms with Gasteiger partial charge < -0.3 is 4.57 Å². The first kappa shape index (κ1) is 11.3. The van der Waals surface area contributed by atoms with Gasteiger partial charge in [-0.1, -0.05) is 0 Å². The molecule has 0 amide bonds. The number of aromatic nitrogens is 1. The van der Waals surface area contributed by atoms with Gasteiger partial charge in [0.15, 0.2) is 0 Å². The van der Waals surface area contributed by atoms with Crippen LogP contribution in [-0.2, 0) is 6.54 Å². The van der Waals surface area contributed by atoms with Crippen molar-refractivity contribution < 1.29 is 4.92 Å². The highest BCUT2D eigenvalue weighted by Gasteiger charge is 2.10. The Morgan fingerprint density at radius 1 is 1.35 bits per heavy atom. The summed E-state index contributed by atoms with van der Waals surface area (Å²) in [5.41, 5.74) is 1.32. The Balaban J connectivity index is 2.85. The van der Waals surface area contributed by atoms with E-state index in [1.54, 1.807) is 23.6 Å². The Labute approximate surface area is 97.5 Å². The second-order valence-electron chi connectivity index (χ2n) is 3.88. The fraction of sp³-hybridized carbons (Fsp3) is 0.250. The topological polar surface area (TPSA) is 65.1 Å². The molecule has 88 valence electrons. The van der Waals surface area contributed by atoms with E-state index in [0.29, 0.717) is 12.1 Å². The van der Waals surface area contributed by atoms with E-state index in [0.717, 1.165) is 10.9 Å². The standard InChI is InChI=1S/C12H12N2O3/c1-3-13-11-5-4-10(14(16)17)7-9(11)6-8(2)12(13)15/h4-7H,3H2,1-2H3. The van der Waals surface area contributed by atoms with E-state index in [1.807, 2.05) is 6.92 Å². The van der Waals surface area contributed by atoms with Crippen molar-refractivity contribution in [3.63, 3.8) is 0 Å². The smallest absolute Gasteiger partial charge is 0.270 e. The SMILES string of the molecule is CCn1c(=O)c(C)cc2cc([N+](=O)[O-])ccc21. The van der Waals surface area contributed by atoms with Crippen LogP contribution in [0.25, 0.3) is 10.9 Å². The summed E-state index contributed by atoms with van der Waals surface area (Å²) in [6.45, 7) is 4.14. The zero-order chi connectivity index (χ0) is 12.6. The minimum absolute atomic E-state index is 0.0400. The minimum Gasteiger partial charge on any atom is -0.308 e. The molecule has 5 nitrogen and oxygen atoms in total. The third-order valence-electron chi connectivity index (χ3n) is 2.78. The fourth-order valence-electron chi connectivity index (χ4n) is 1.95. The molecule has 0 radical (unpaired) electrons. The number of fused-ring (bicyclic) bond motifs is 1. The van der Waals surface area contributed by atoms with Gasteiger partial charge in [0.25, 0.3) is 11.2 Å². The molecule has 0 aliphatic carbocycles. The first-order chi connectivity index (χ1) is 8.04. The van der Waals surface area contributed by atoms with Crippen LogP contribution < -0.4 is 5.56 Å². The summed E-state index contributed by atoms with van der Waals surface area (Å²) >= 11 is 0. The van der Waals surface area contributed by atoms with Gasteiger partial charge in [-0.15, -0.1) is 0 Å². The number of benzene rings is 1. The number of nitro benzene ring substituents is 1. The van der Waals surface area contributed by atoms with Crippen LogP contribution in [0.4, 0.5) is 5.69 Å². The van der Waals surface area contributed by atoms with Gasteiger partial charge in [0.1, 0.15) is 0 Å². The molecule has 0 atom stereocenters. The molecule has 0 saturated carbocycles. The summed E-state index contributed by atoms with van der Waals surface area (Å²) in [5.74, 6) is 0. The minimum atomic E-state index is -0.434. The van der Waals surface area contributed by atoms with Gasteiger partial charge in [-0.05, 0) is 26.0 Å². The monoisotopic (exact) mass is 232 g/mol. The molecule has 1 heterocycles. The Morgan fingerprint density at radius 2 is 2.06 bits per heavy atom. The molecule has 1 aromatic heterocycles. The molecular weight excluding hydrogens is 220 g/mol. The fourth-order valence-corrected chi connectivity index (χ4v) is 1.95. The Bertz CT molecular complexity index is 659. The van der Waals surface area contributed by atoms with E-state index in [9.17, 15) is 14.9 Å². The Hall–Kier alpha value is -2.17. The highest BCUT2D eigenvalue weighted by Crippen LogP contribution is 2.20. The van der Waals surface area contributed by atoms with Crippen molar-refractivity contribution >= 4 is 16.6 Å². The summed E-state index contributed by atoms with van der Waals surface area (Å²) in [7, 11) is 0. The lowest BCUT2D eigenvalue weighted by Crippen LogP contribution is -2.21. The highest BCUT2D eigenvalue weighted by atomic mass is 16.6. The highest BCUT2D eigenvalue weighted by molar-refractivity contribution is 5.82. The molecule has 0 aliphatic rings. The van der Waals surface area contributed by atoms with Crippen LogP contribution in [0.15, 0.2) is 29.1 Å². The van der Waals surface area contributed by atoms with Crippen LogP contribution in [0, 0.1) is 17.0 Å². The van der Waals surface area contributed by atoms with Gasteiger partial charge in [0.2, 0.25) is 0 Å². The molecule has 2 rings (SSSR count). The summed E-state index contributed by atoms with van der Waals surface area (Å²) in [5, 5.41) is 11.4. The number of hydrogen-bond acceptors (Lipinski definition) is 3. The van der Waals surface area contributed by atoms with Gasteiger partial charge in [-0.3, -0.25) is 14.9 Å². The maximum atomic E-state index is 11.9. The van der Waals surface area contributed by atoms with Crippen molar-refractivity contribution in [1.82, 2.24) is 4.57 Å². The molecule has 2 aromatic rings. The number of non-ortho nitro benzene ring substituents is 1. The average Bonchev–Trinajstić information content (AvgIpc) is 2.30. The first-order valence-corrected chi connectivity index (χ1v) is 5.33. The summed E-state index contributed by atoms with van der Waals surface area (Å²) in [6.07, 6.45) is 0. The van der Waals surface area contributed by atoms with Crippen LogP contribution >= 0.6 is 0 Å². The lowest BCUT2D eigenvalue weighted by atomic mass is 10.1. The molecule has 0 saturated heterocycles. The van der Waals surface area contributed by atoms with Gasteiger partial charge in [-0.2, -0.15) is 0 Å². The van der Waals surface area contributed by atoms with Gasteiger partial charge in [-0.25, -0.2) is 0 Å². The molecule has 0 spiro atoms. The Kier molecular flexibility index (Phi) is 2.67. The predicted molar refractivity (Wildman–Crippen MR) is 65.3 cm³/mol. The molecule has 17 heavy (non-hydrogen) atoms. The predicted octanol–water partition coefficient (Wildman–Crippen LogP) is 2.24. The normalized spacial score (nSPS) is 10.7. The second-order valence-corrected chi connectivity index (χ2v) is 3.88. The molecule has 0 aliphatic heterocycles.